The zero-order chi connectivity index (χ0) is 20.2. The fourth-order valence-electron chi connectivity index (χ4n) is 3.87. The summed E-state index contributed by atoms with van der Waals surface area (Å²) in [5.74, 6) is 0.788. The number of anilines is 1. The standard InChI is InChI=1S/C23H24Cl2N4/c1-2-29-13-3-4-20(29)14-26-21-15-27-22(16-5-9-18(24)10-6-16)23(28-21)17-7-11-19(25)12-8-17/h5-12,15,20H,2-4,13-14H2,1H3,(H,26,28). The van der Waals surface area contributed by atoms with Crippen LogP contribution in [0.4, 0.5) is 5.82 Å². The van der Waals surface area contributed by atoms with Gasteiger partial charge in [-0.3, -0.25) is 9.88 Å². The number of nitrogens with one attached hydrogen (secondary N) is 1. The minimum Gasteiger partial charge on any atom is -0.367 e. The molecule has 0 aliphatic carbocycles. The second-order valence-electron chi connectivity index (χ2n) is 7.27. The number of aromatic nitrogens is 2. The van der Waals surface area contributed by atoms with Gasteiger partial charge in [-0.2, -0.15) is 0 Å². The third-order valence-corrected chi connectivity index (χ3v) is 5.94. The van der Waals surface area contributed by atoms with Gasteiger partial charge in [0.05, 0.1) is 17.6 Å². The van der Waals surface area contributed by atoms with Gasteiger partial charge in [0.1, 0.15) is 5.82 Å². The summed E-state index contributed by atoms with van der Waals surface area (Å²) in [6.45, 7) is 5.37. The smallest absolute Gasteiger partial charge is 0.145 e. The first-order chi connectivity index (χ1) is 14.1. The van der Waals surface area contributed by atoms with Crippen molar-refractivity contribution in [3.05, 3.63) is 64.8 Å². The van der Waals surface area contributed by atoms with Gasteiger partial charge in [-0.05, 0) is 50.2 Å². The zero-order valence-electron chi connectivity index (χ0n) is 16.4. The van der Waals surface area contributed by atoms with Gasteiger partial charge in [0.15, 0.2) is 0 Å². The fourth-order valence-corrected chi connectivity index (χ4v) is 4.12. The van der Waals surface area contributed by atoms with Crippen molar-refractivity contribution in [2.24, 2.45) is 0 Å². The van der Waals surface area contributed by atoms with E-state index in [2.05, 4.69) is 17.1 Å². The van der Waals surface area contributed by atoms with Crippen molar-refractivity contribution < 1.29 is 0 Å². The molecule has 1 saturated heterocycles. The van der Waals surface area contributed by atoms with Crippen LogP contribution < -0.4 is 5.32 Å². The predicted octanol–water partition coefficient (Wildman–Crippen LogP) is 6.01. The van der Waals surface area contributed by atoms with Crippen LogP contribution in [0.2, 0.25) is 10.0 Å². The first kappa shape index (κ1) is 20.1. The summed E-state index contributed by atoms with van der Waals surface area (Å²) in [5, 5.41) is 4.90. The minimum absolute atomic E-state index is 0.553. The first-order valence-electron chi connectivity index (χ1n) is 10.0. The third-order valence-electron chi connectivity index (χ3n) is 5.43. The molecule has 0 radical (unpaired) electrons. The molecular formula is C23H24Cl2N4. The summed E-state index contributed by atoms with van der Waals surface area (Å²) in [4.78, 5) is 12.2. The molecule has 4 rings (SSSR count). The van der Waals surface area contributed by atoms with Gasteiger partial charge in [0.25, 0.3) is 0 Å². The van der Waals surface area contributed by atoms with Gasteiger partial charge < -0.3 is 5.32 Å². The van der Waals surface area contributed by atoms with Crippen LogP contribution in [0.15, 0.2) is 54.7 Å². The Bertz CT molecular complexity index is 958. The van der Waals surface area contributed by atoms with Crippen LogP contribution in [0, 0.1) is 0 Å². The first-order valence-corrected chi connectivity index (χ1v) is 10.8. The van der Waals surface area contributed by atoms with Crippen molar-refractivity contribution in [3.8, 4) is 22.5 Å². The molecule has 0 spiro atoms. The summed E-state index contributed by atoms with van der Waals surface area (Å²) in [6.07, 6.45) is 4.30. The monoisotopic (exact) mass is 426 g/mol. The quantitative estimate of drug-likeness (QED) is 0.523. The Hall–Kier alpha value is -2.14. The van der Waals surface area contributed by atoms with Crippen molar-refractivity contribution in [2.45, 2.75) is 25.8 Å². The van der Waals surface area contributed by atoms with Gasteiger partial charge in [-0.1, -0.05) is 54.4 Å². The van der Waals surface area contributed by atoms with E-state index in [0.717, 1.165) is 41.4 Å². The van der Waals surface area contributed by atoms with E-state index in [0.29, 0.717) is 16.1 Å². The second-order valence-corrected chi connectivity index (χ2v) is 8.14. The lowest BCUT2D eigenvalue weighted by atomic mass is 10.0. The van der Waals surface area contributed by atoms with E-state index in [1.165, 1.54) is 19.4 Å². The summed E-state index contributed by atoms with van der Waals surface area (Å²) < 4.78 is 0. The highest BCUT2D eigenvalue weighted by Crippen LogP contribution is 2.31. The van der Waals surface area contributed by atoms with E-state index in [4.69, 9.17) is 33.2 Å². The third kappa shape index (κ3) is 4.72. The molecule has 1 N–H and O–H groups in total. The van der Waals surface area contributed by atoms with Crippen LogP contribution >= 0.6 is 23.2 Å². The zero-order valence-corrected chi connectivity index (χ0v) is 17.9. The Balaban J connectivity index is 1.65. The molecule has 1 unspecified atom stereocenters. The molecule has 1 aromatic heterocycles. The Kier molecular flexibility index (Phi) is 6.34. The highest BCUT2D eigenvalue weighted by molar-refractivity contribution is 6.31. The topological polar surface area (TPSA) is 41.0 Å². The summed E-state index contributed by atoms with van der Waals surface area (Å²) in [7, 11) is 0. The average Bonchev–Trinajstić information content (AvgIpc) is 3.21. The number of rotatable bonds is 6. The molecule has 2 aromatic carbocycles. The Morgan fingerprint density at radius 3 is 2.21 bits per heavy atom. The van der Waals surface area contributed by atoms with Crippen LogP contribution in [0.5, 0.6) is 0 Å². The number of nitrogens with zero attached hydrogens (tertiary/aromatic N) is 3. The highest BCUT2D eigenvalue weighted by atomic mass is 35.5. The van der Waals surface area contributed by atoms with Gasteiger partial charge in [0, 0.05) is 33.8 Å². The fraction of sp³-hybridized carbons (Fsp3) is 0.304. The molecule has 150 valence electrons. The average molecular weight is 427 g/mol. The molecule has 4 nitrogen and oxygen atoms in total. The predicted molar refractivity (Wildman–Crippen MR) is 122 cm³/mol. The molecular weight excluding hydrogens is 403 g/mol. The van der Waals surface area contributed by atoms with E-state index in [-0.39, 0.29) is 0 Å². The number of hydrogen-bond donors (Lipinski definition) is 1. The lowest BCUT2D eigenvalue weighted by Crippen LogP contribution is -2.34. The highest BCUT2D eigenvalue weighted by Gasteiger charge is 2.22. The largest absolute Gasteiger partial charge is 0.367 e. The van der Waals surface area contributed by atoms with Crippen LogP contribution in [0.3, 0.4) is 0 Å². The molecule has 1 fully saturated rings. The summed E-state index contributed by atoms with van der Waals surface area (Å²) in [6, 6.07) is 15.9. The normalized spacial score (nSPS) is 16.9. The van der Waals surface area contributed by atoms with E-state index >= 15 is 0 Å². The Labute approximate surface area is 181 Å². The van der Waals surface area contributed by atoms with Crippen molar-refractivity contribution >= 4 is 29.0 Å². The van der Waals surface area contributed by atoms with Gasteiger partial charge >= 0.3 is 0 Å². The van der Waals surface area contributed by atoms with E-state index in [1.54, 1.807) is 0 Å². The van der Waals surface area contributed by atoms with E-state index in [9.17, 15) is 0 Å². The number of benzene rings is 2. The molecule has 6 heteroatoms. The molecule has 3 aromatic rings. The van der Waals surface area contributed by atoms with Crippen molar-refractivity contribution in [1.82, 2.24) is 14.9 Å². The lowest BCUT2D eigenvalue weighted by molar-refractivity contribution is 0.277. The number of likely N-dealkylation sites (tertiary alicyclic amines) is 1. The van der Waals surface area contributed by atoms with Crippen LogP contribution in [0.25, 0.3) is 22.5 Å². The lowest BCUT2D eigenvalue weighted by Gasteiger charge is -2.23. The minimum atomic E-state index is 0.553. The number of hydrogen-bond acceptors (Lipinski definition) is 4. The van der Waals surface area contributed by atoms with Crippen molar-refractivity contribution in [2.75, 3.05) is 25.0 Å². The molecule has 1 atom stereocenters. The van der Waals surface area contributed by atoms with Gasteiger partial charge in [0.2, 0.25) is 0 Å². The maximum atomic E-state index is 6.09. The molecule has 2 heterocycles. The second kappa shape index (κ2) is 9.12. The van der Waals surface area contributed by atoms with Gasteiger partial charge in [-0.25, -0.2) is 4.98 Å². The number of likely N-dealkylation sites (N-methyl/N-ethyl adjacent to an activating group) is 1. The van der Waals surface area contributed by atoms with Crippen LogP contribution in [0.1, 0.15) is 19.8 Å². The Morgan fingerprint density at radius 2 is 1.59 bits per heavy atom. The van der Waals surface area contributed by atoms with E-state index < -0.39 is 0 Å². The van der Waals surface area contributed by atoms with Crippen LogP contribution in [-0.2, 0) is 0 Å². The maximum Gasteiger partial charge on any atom is 0.145 e. The molecule has 1 aliphatic heterocycles. The maximum absolute atomic E-state index is 6.09. The molecule has 0 saturated carbocycles. The van der Waals surface area contributed by atoms with Crippen molar-refractivity contribution in [1.29, 1.82) is 0 Å². The Morgan fingerprint density at radius 1 is 0.966 bits per heavy atom. The summed E-state index contributed by atoms with van der Waals surface area (Å²) in [5.41, 5.74) is 3.61. The van der Waals surface area contributed by atoms with Crippen LogP contribution in [-0.4, -0.2) is 40.5 Å². The van der Waals surface area contributed by atoms with E-state index in [1.807, 2.05) is 54.7 Å². The number of halogens is 2. The molecule has 29 heavy (non-hydrogen) atoms. The van der Waals surface area contributed by atoms with Gasteiger partial charge in [-0.15, -0.1) is 0 Å². The molecule has 0 bridgehead atoms. The summed E-state index contributed by atoms with van der Waals surface area (Å²) >= 11 is 12.1. The molecule has 0 amide bonds. The molecule has 1 aliphatic rings. The van der Waals surface area contributed by atoms with Crippen molar-refractivity contribution in [3.63, 3.8) is 0 Å². The SMILES string of the molecule is CCN1CCCC1CNc1cnc(-c2ccc(Cl)cc2)c(-c2ccc(Cl)cc2)n1.